The van der Waals surface area contributed by atoms with Gasteiger partial charge in [-0.05, 0) is 89.3 Å². The van der Waals surface area contributed by atoms with Crippen molar-refractivity contribution in [3.05, 3.63) is 65.1 Å². The number of nitrogens with zero attached hydrogens (tertiary/aromatic N) is 2. The van der Waals surface area contributed by atoms with E-state index in [0.717, 1.165) is 9.54 Å². The molecule has 2 heterocycles. The summed E-state index contributed by atoms with van der Waals surface area (Å²) >= 11 is 0. The number of ether oxygens (including phenoxy) is 2. The molecule has 4 rings (SSSR count). The van der Waals surface area contributed by atoms with Crippen LogP contribution in [-0.2, 0) is 19.5 Å². The van der Waals surface area contributed by atoms with E-state index in [0.29, 0.717) is 36.9 Å². The van der Waals surface area contributed by atoms with E-state index in [4.69, 9.17) is 9.47 Å². The van der Waals surface area contributed by atoms with E-state index in [-0.39, 0.29) is 28.6 Å². The van der Waals surface area contributed by atoms with Crippen LogP contribution >= 0.6 is 0 Å². The molecule has 3 aromatic rings. The highest BCUT2D eigenvalue weighted by Gasteiger charge is 2.31. The highest BCUT2D eigenvalue weighted by Crippen LogP contribution is 2.35. The first kappa shape index (κ1) is 27.6. The number of carbonyl (C=O) groups excluding carboxylic acids is 2. The maximum Gasteiger partial charge on any atom is 0.410 e. The molecule has 1 aromatic heterocycles. The molecule has 204 valence electrons. The second kappa shape index (κ2) is 10.4. The summed E-state index contributed by atoms with van der Waals surface area (Å²) in [5.41, 5.74) is 0.551. The van der Waals surface area contributed by atoms with Crippen LogP contribution in [0.5, 0.6) is 0 Å². The molecule has 0 N–H and O–H groups in total. The summed E-state index contributed by atoms with van der Waals surface area (Å²) in [5, 5.41) is 0.412. The molecule has 0 radical (unpaired) electrons. The number of aromatic nitrogens is 1. The third-order valence-corrected chi connectivity index (χ3v) is 8.25. The molecule has 1 aliphatic heterocycles. The zero-order valence-corrected chi connectivity index (χ0v) is 23.1. The number of carbonyl (C=O) groups is 2. The number of rotatable bonds is 5. The van der Waals surface area contributed by atoms with E-state index in [1.165, 1.54) is 24.3 Å². The first-order valence-corrected chi connectivity index (χ1v) is 14.1. The number of fused-ring (bicyclic) bond motifs is 1. The Morgan fingerprint density at radius 1 is 1.05 bits per heavy atom. The minimum absolute atomic E-state index is 0.0230. The summed E-state index contributed by atoms with van der Waals surface area (Å²) in [6, 6.07) is 10.4. The van der Waals surface area contributed by atoms with Gasteiger partial charge in [-0.3, -0.25) is 0 Å². The lowest BCUT2D eigenvalue weighted by molar-refractivity contribution is 0.0204. The van der Waals surface area contributed by atoms with Crippen molar-refractivity contribution in [1.82, 2.24) is 8.87 Å². The number of piperidine rings is 1. The molecule has 38 heavy (non-hydrogen) atoms. The molecule has 2 aromatic carbocycles. The zero-order valence-electron chi connectivity index (χ0n) is 22.3. The molecule has 10 heteroatoms. The Bertz CT molecular complexity index is 1460. The number of amides is 1. The quantitative estimate of drug-likeness (QED) is 0.387. The van der Waals surface area contributed by atoms with Gasteiger partial charge in [0, 0.05) is 18.5 Å². The van der Waals surface area contributed by atoms with Crippen LogP contribution in [0, 0.1) is 12.7 Å². The third kappa shape index (κ3) is 5.55. The van der Waals surface area contributed by atoms with Gasteiger partial charge in [-0.1, -0.05) is 17.7 Å². The molecule has 1 amide bonds. The van der Waals surface area contributed by atoms with Gasteiger partial charge in [0.2, 0.25) is 0 Å². The van der Waals surface area contributed by atoms with E-state index in [1.54, 1.807) is 50.8 Å². The Hall–Kier alpha value is -3.40. The van der Waals surface area contributed by atoms with Gasteiger partial charge < -0.3 is 14.4 Å². The van der Waals surface area contributed by atoms with Crippen molar-refractivity contribution in [2.24, 2.45) is 0 Å². The van der Waals surface area contributed by atoms with Crippen molar-refractivity contribution in [3.8, 4) is 0 Å². The van der Waals surface area contributed by atoms with Crippen LogP contribution in [0.25, 0.3) is 10.9 Å². The van der Waals surface area contributed by atoms with Gasteiger partial charge in [-0.25, -0.2) is 26.4 Å². The molecular weight excluding hydrogens is 511 g/mol. The Kier molecular flexibility index (Phi) is 7.56. The van der Waals surface area contributed by atoms with Gasteiger partial charge in [0.15, 0.2) is 0 Å². The van der Waals surface area contributed by atoms with Crippen LogP contribution in [0.4, 0.5) is 9.18 Å². The van der Waals surface area contributed by atoms with Crippen molar-refractivity contribution in [3.63, 3.8) is 0 Å². The molecule has 0 aliphatic carbocycles. The zero-order chi connectivity index (χ0) is 27.8. The first-order chi connectivity index (χ1) is 17.8. The van der Waals surface area contributed by atoms with Crippen molar-refractivity contribution in [2.45, 2.75) is 63.9 Å². The highest BCUT2D eigenvalue weighted by atomic mass is 32.2. The lowest BCUT2D eigenvalue weighted by Gasteiger charge is -2.33. The Labute approximate surface area is 222 Å². The molecule has 0 atom stereocenters. The maximum absolute atomic E-state index is 15.5. The number of hydrogen-bond acceptors (Lipinski definition) is 6. The minimum atomic E-state index is -4.23. The van der Waals surface area contributed by atoms with Crippen LogP contribution < -0.4 is 0 Å². The lowest BCUT2D eigenvalue weighted by Crippen LogP contribution is -2.41. The number of halogens is 1. The van der Waals surface area contributed by atoms with Gasteiger partial charge >= 0.3 is 12.1 Å². The van der Waals surface area contributed by atoms with Crippen LogP contribution in [-0.4, -0.2) is 54.7 Å². The van der Waals surface area contributed by atoms with E-state index in [2.05, 4.69) is 0 Å². The Morgan fingerprint density at radius 2 is 1.68 bits per heavy atom. The summed E-state index contributed by atoms with van der Waals surface area (Å²) < 4.78 is 54.2. The summed E-state index contributed by atoms with van der Waals surface area (Å²) in [7, 11) is -4.23. The van der Waals surface area contributed by atoms with E-state index >= 15 is 4.39 Å². The summed E-state index contributed by atoms with van der Waals surface area (Å²) in [6.45, 7) is 9.75. The van der Waals surface area contributed by atoms with Crippen LogP contribution in [0.2, 0.25) is 0 Å². The topological polar surface area (TPSA) is 94.9 Å². The number of hydrogen-bond donors (Lipinski definition) is 0. The normalized spacial score (nSPS) is 15.1. The molecule has 0 saturated carbocycles. The second-order valence-corrected chi connectivity index (χ2v) is 12.3. The van der Waals surface area contributed by atoms with Crippen LogP contribution in [0.3, 0.4) is 0 Å². The molecule has 0 unspecified atom stereocenters. The molecule has 8 nitrogen and oxygen atoms in total. The van der Waals surface area contributed by atoms with Crippen molar-refractivity contribution >= 4 is 33.0 Å². The molecule has 0 spiro atoms. The third-order valence-electron chi connectivity index (χ3n) is 6.51. The summed E-state index contributed by atoms with van der Waals surface area (Å²) in [6.07, 6.45) is 0.646. The minimum Gasteiger partial charge on any atom is -0.461 e. The van der Waals surface area contributed by atoms with E-state index in [9.17, 15) is 18.0 Å². The molecular formula is C28H33FN2O6S. The molecule has 1 saturated heterocycles. The number of benzene rings is 2. The molecule has 1 aliphatic rings. The standard InChI is InChI=1S/C28H33FN2O6S/c1-6-36-26(32)25-16-20-15-22(19-11-13-30(14-12-19)27(33)37-28(3,4)5)23(29)17-24(20)31(25)38(34,35)21-9-7-18(2)8-10-21/h7-10,15-17,19H,6,11-14H2,1-5H3. The van der Waals surface area contributed by atoms with Crippen molar-refractivity contribution < 1.29 is 31.9 Å². The highest BCUT2D eigenvalue weighted by molar-refractivity contribution is 7.90. The van der Waals surface area contributed by atoms with Gasteiger partial charge in [-0.2, -0.15) is 0 Å². The number of aryl methyl sites for hydroxylation is 1. The van der Waals surface area contributed by atoms with Crippen LogP contribution in [0.15, 0.2) is 47.4 Å². The van der Waals surface area contributed by atoms with E-state index in [1.807, 2.05) is 6.92 Å². The predicted octanol–water partition coefficient (Wildman–Crippen LogP) is 5.62. The van der Waals surface area contributed by atoms with Gasteiger partial charge in [0.05, 0.1) is 17.0 Å². The van der Waals surface area contributed by atoms with E-state index < -0.39 is 33.5 Å². The summed E-state index contributed by atoms with van der Waals surface area (Å²) in [4.78, 5) is 26.8. The smallest absolute Gasteiger partial charge is 0.410 e. The summed E-state index contributed by atoms with van der Waals surface area (Å²) in [5.74, 6) is -1.56. The Morgan fingerprint density at radius 3 is 2.26 bits per heavy atom. The SMILES string of the molecule is CCOC(=O)c1cc2cc(C3CCN(C(=O)OC(C)(C)C)CC3)c(F)cc2n1S(=O)(=O)c1ccc(C)cc1. The largest absolute Gasteiger partial charge is 0.461 e. The fourth-order valence-corrected chi connectivity index (χ4v) is 6.15. The lowest BCUT2D eigenvalue weighted by atomic mass is 9.88. The fraction of sp³-hybridized carbons (Fsp3) is 0.429. The van der Waals surface area contributed by atoms with Gasteiger partial charge in [-0.15, -0.1) is 0 Å². The number of likely N-dealkylation sites (tertiary alicyclic amines) is 1. The average molecular weight is 545 g/mol. The van der Waals surface area contributed by atoms with Gasteiger partial charge in [0.1, 0.15) is 17.1 Å². The van der Waals surface area contributed by atoms with Crippen molar-refractivity contribution in [1.29, 1.82) is 0 Å². The predicted molar refractivity (Wildman–Crippen MR) is 141 cm³/mol. The van der Waals surface area contributed by atoms with Crippen LogP contribution in [0.1, 0.15) is 68.1 Å². The van der Waals surface area contributed by atoms with Crippen molar-refractivity contribution in [2.75, 3.05) is 19.7 Å². The number of esters is 1. The molecule has 1 fully saturated rings. The monoisotopic (exact) mass is 544 g/mol. The van der Waals surface area contributed by atoms with Gasteiger partial charge in [0.25, 0.3) is 10.0 Å². The average Bonchev–Trinajstić information content (AvgIpc) is 3.22. The Balaban J connectivity index is 1.71. The molecule has 0 bridgehead atoms. The maximum atomic E-state index is 15.5. The fourth-order valence-electron chi connectivity index (χ4n) is 4.66. The second-order valence-electron chi connectivity index (χ2n) is 10.5. The first-order valence-electron chi connectivity index (χ1n) is 12.6.